The van der Waals surface area contributed by atoms with Crippen LogP contribution in [-0.2, 0) is 10.2 Å². The van der Waals surface area contributed by atoms with Gasteiger partial charge in [-0.2, -0.15) is 8.42 Å². The largest absolute Gasteiger partial charge is 0.333 e. The van der Waals surface area contributed by atoms with Crippen molar-refractivity contribution in [2.45, 2.75) is 4.90 Å². The molecule has 2 rings (SSSR count). The van der Waals surface area contributed by atoms with E-state index in [1.807, 2.05) is 0 Å². The van der Waals surface area contributed by atoms with Gasteiger partial charge in [-0.15, -0.1) is 3.89 Å². The van der Waals surface area contributed by atoms with Gasteiger partial charge in [0.05, 0.1) is 9.95 Å². The van der Waals surface area contributed by atoms with Gasteiger partial charge >= 0.3 is 10.2 Å². The Morgan fingerprint density at radius 3 is 2.25 bits per heavy atom. The molecule has 0 atom stereocenters. The van der Waals surface area contributed by atoms with Gasteiger partial charge in [0.15, 0.2) is 0 Å². The summed E-state index contributed by atoms with van der Waals surface area (Å²) < 4.78 is 35.0. The molecule has 5 nitrogen and oxygen atoms in total. The number of nitro benzene ring substituents is 1. The Morgan fingerprint density at radius 2 is 1.67 bits per heavy atom. The third-order valence-corrected chi connectivity index (χ3v) is 4.29. The maximum absolute atomic E-state index is 13.1. The summed E-state index contributed by atoms with van der Waals surface area (Å²) in [6, 6.07) is 10.0. The lowest BCUT2D eigenvalue weighted by Gasteiger charge is -2.00. The Bertz CT molecular complexity index is 939. The van der Waals surface area contributed by atoms with Crippen molar-refractivity contribution in [1.82, 2.24) is 0 Å². The summed E-state index contributed by atoms with van der Waals surface area (Å²) in [6.07, 6.45) is 6.42. The van der Waals surface area contributed by atoms with Crippen LogP contribution in [0.1, 0.15) is 11.1 Å². The Morgan fingerprint density at radius 1 is 1.04 bits per heavy atom. The molecule has 24 heavy (non-hydrogen) atoms. The van der Waals surface area contributed by atoms with E-state index in [9.17, 15) is 22.4 Å². The van der Waals surface area contributed by atoms with Gasteiger partial charge in [0.2, 0.25) is 0 Å². The van der Waals surface area contributed by atoms with Gasteiger partial charge in [-0.3, -0.25) is 10.1 Å². The van der Waals surface area contributed by atoms with Gasteiger partial charge in [0.25, 0.3) is 5.69 Å². The quantitative estimate of drug-likeness (QED) is 0.334. The van der Waals surface area contributed by atoms with Crippen LogP contribution in [0, 0.1) is 10.1 Å². The molecule has 0 saturated heterocycles. The van der Waals surface area contributed by atoms with Crippen LogP contribution >= 0.6 is 11.6 Å². The molecule has 0 bridgehead atoms. The maximum Gasteiger partial charge on any atom is 0.333 e. The molecule has 0 spiro atoms. The molecular weight excluding hydrogens is 357 g/mol. The first-order valence-corrected chi connectivity index (χ1v) is 8.37. The van der Waals surface area contributed by atoms with E-state index in [1.165, 1.54) is 24.3 Å². The summed E-state index contributed by atoms with van der Waals surface area (Å²) in [5.41, 5.74) is 1.06. The summed E-state index contributed by atoms with van der Waals surface area (Å²) in [5.74, 6) is 0. The fraction of sp³-hybridized carbons (Fsp3) is 0. The molecule has 124 valence electrons. The molecule has 0 radical (unpaired) electrons. The molecule has 0 aliphatic heterocycles. The number of rotatable bonds is 5. The van der Waals surface area contributed by atoms with Gasteiger partial charge in [-0.05, 0) is 23.3 Å². The molecule has 0 heterocycles. The number of halogens is 2. The summed E-state index contributed by atoms with van der Waals surface area (Å²) in [5, 5.41) is 10.5. The van der Waals surface area contributed by atoms with Crippen molar-refractivity contribution in [3.8, 4) is 0 Å². The fourth-order valence-electron chi connectivity index (χ4n) is 1.89. The van der Waals surface area contributed by atoms with Crippen LogP contribution in [0.15, 0.2) is 59.5 Å². The van der Waals surface area contributed by atoms with Crippen molar-refractivity contribution >= 4 is 39.7 Å². The second kappa shape index (κ2) is 7.37. The first kappa shape index (κ1) is 17.8. The Kier molecular flexibility index (Phi) is 5.48. The van der Waals surface area contributed by atoms with Crippen LogP contribution in [0.25, 0.3) is 12.2 Å². The average Bonchev–Trinajstić information content (AvgIpc) is 2.52. The SMILES string of the molecule is O=[N+]([O-])c1cccc(/C=C/C=C/c2ccc(Cl)c(S(=O)(=O)F)c2)c1. The molecule has 0 amide bonds. The number of hydrogen-bond acceptors (Lipinski definition) is 4. The van der Waals surface area contributed by atoms with Crippen LogP contribution < -0.4 is 0 Å². The Balaban J connectivity index is 2.17. The highest BCUT2D eigenvalue weighted by Crippen LogP contribution is 2.24. The number of hydrogen-bond donors (Lipinski definition) is 0. The number of allylic oxidation sites excluding steroid dienone is 2. The summed E-state index contributed by atoms with van der Waals surface area (Å²) in [6.45, 7) is 0. The highest BCUT2D eigenvalue weighted by Gasteiger charge is 2.16. The smallest absolute Gasteiger partial charge is 0.258 e. The second-order valence-electron chi connectivity index (χ2n) is 4.70. The molecule has 0 unspecified atom stereocenters. The van der Waals surface area contributed by atoms with Crippen molar-refractivity contribution in [2.24, 2.45) is 0 Å². The van der Waals surface area contributed by atoms with Crippen molar-refractivity contribution in [3.05, 3.63) is 80.9 Å². The highest BCUT2D eigenvalue weighted by atomic mass is 35.5. The molecule has 2 aromatic rings. The van der Waals surface area contributed by atoms with Gasteiger partial charge < -0.3 is 0 Å². The first-order valence-electron chi connectivity index (χ1n) is 6.61. The minimum atomic E-state index is -4.89. The van der Waals surface area contributed by atoms with E-state index in [1.54, 1.807) is 36.4 Å². The van der Waals surface area contributed by atoms with Gasteiger partial charge in [-0.25, -0.2) is 0 Å². The van der Waals surface area contributed by atoms with E-state index in [4.69, 9.17) is 11.6 Å². The minimum absolute atomic E-state index is 0.0170. The normalized spacial score (nSPS) is 12.1. The van der Waals surface area contributed by atoms with Crippen molar-refractivity contribution in [2.75, 3.05) is 0 Å². The molecular formula is C16H11ClFNO4S. The number of nitro groups is 1. The van der Waals surface area contributed by atoms with E-state index < -0.39 is 20.0 Å². The zero-order chi connectivity index (χ0) is 17.7. The second-order valence-corrected chi connectivity index (χ2v) is 6.42. The lowest BCUT2D eigenvalue weighted by molar-refractivity contribution is -0.384. The zero-order valence-corrected chi connectivity index (χ0v) is 13.7. The van der Waals surface area contributed by atoms with Crippen molar-refractivity contribution in [3.63, 3.8) is 0 Å². The lowest BCUT2D eigenvalue weighted by Crippen LogP contribution is -1.93. The van der Waals surface area contributed by atoms with E-state index in [0.717, 1.165) is 6.07 Å². The predicted octanol–water partition coefficient (Wildman–Crippen LogP) is 4.63. The molecule has 0 fully saturated rings. The van der Waals surface area contributed by atoms with E-state index in [2.05, 4.69) is 0 Å². The molecule has 0 aromatic heterocycles. The molecule has 0 N–H and O–H groups in total. The topological polar surface area (TPSA) is 77.3 Å². The molecule has 2 aromatic carbocycles. The molecule has 8 heteroatoms. The van der Waals surface area contributed by atoms with Crippen LogP contribution in [0.3, 0.4) is 0 Å². The summed E-state index contributed by atoms with van der Waals surface area (Å²) >= 11 is 5.65. The Labute approximate surface area is 143 Å². The van der Waals surface area contributed by atoms with Gasteiger partial charge in [0.1, 0.15) is 4.90 Å². The third kappa shape index (κ3) is 4.74. The molecule has 0 aliphatic rings. The number of nitrogens with zero attached hydrogens (tertiary/aromatic N) is 1. The monoisotopic (exact) mass is 367 g/mol. The minimum Gasteiger partial charge on any atom is -0.258 e. The number of benzene rings is 2. The van der Waals surface area contributed by atoms with Crippen LogP contribution in [0.2, 0.25) is 5.02 Å². The molecule has 0 saturated carbocycles. The van der Waals surface area contributed by atoms with Crippen molar-refractivity contribution < 1.29 is 17.2 Å². The lowest BCUT2D eigenvalue weighted by atomic mass is 10.1. The van der Waals surface area contributed by atoms with Gasteiger partial charge in [-0.1, -0.05) is 54.1 Å². The standard InChI is InChI=1S/C16H11ClFNO4S/c17-15-9-8-13(11-16(15)24(18,22)23)5-2-1-4-12-6-3-7-14(10-12)19(20)21/h1-11H/b4-1+,5-2+. The van der Waals surface area contributed by atoms with Crippen LogP contribution in [-0.4, -0.2) is 13.3 Å². The highest BCUT2D eigenvalue weighted by molar-refractivity contribution is 7.86. The van der Waals surface area contributed by atoms with E-state index in [-0.39, 0.29) is 10.7 Å². The van der Waals surface area contributed by atoms with Crippen molar-refractivity contribution in [1.29, 1.82) is 0 Å². The summed E-state index contributed by atoms with van der Waals surface area (Å²) in [4.78, 5) is 9.61. The summed E-state index contributed by atoms with van der Waals surface area (Å²) in [7, 11) is -4.89. The Hall–Kier alpha value is -2.51. The third-order valence-electron chi connectivity index (χ3n) is 2.99. The fourth-order valence-corrected chi connectivity index (χ4v) is 2.86. The average molecular weight is 368 g/mol. The molecule has 0 aliphatic carbocycles. The van der Waals surface area contributed by atoms with Crippen LogP contribution in [0.5, 0.6) is 0 Å². The van der Waals surface area contributed by atoms with E-state index >= 15 is 0 Å². The van der Waals surface area contributed by atoms with E-state index in [0.29, 0.717) is 11.1 Å². The van der Waals surface area contributed by atoms with Crippen LogP contribution in [0.4, 0.5) is 9.57 Å². The maximum atomic E-state index is 13.1. The zero-order valence-electron chi connectivity index (χ0n) is 12.1. The number of non-ortho nitro benzene ring substituents is 1. The first-order chi connectivity index (χ1) is 11.3. The predicted molar refractivity (Wildman–Crippen MR) is 90.9 cm³/mol. The van der Waals surface area contributed by atoms with Gasteiger partial charge in [0, 0.05) is 12.1 Å².